The van der Waals surface area contributed by atoms with Gasteiger partial charge in [0.25, 0.3) is 5.91 Å². The number of nitrogens with one attached hydrogen (secondary N) is 2. The van der Waals surface area contributed by atoms with Crippen LogP contribution in [0.2, 0.25) is 5.02 Å². The summed E-state index contributed by atoms with van der Waals surface area (Å²) in [6.07, 6.45) is 3.16. The Bertz CT molecular complexity index is 872. The number of fused-ring (bicyclic) bond motifs is 1. The first kappa shape index (κ1) is 18.5. The Balaban J connectivity index is 2.08. The first-order chi connectivity index (χ1) is 12.6. The number of hydrogen-bond donors (Lipinski definition) is 2. The summed E-state index contributed by atoms with van der Waals surface area (Å²) >= 11 is 6.26. The molecule has 1 aliphatic heterocycles. The van der Waals surface area contributed by atoms with Gasteiger partial charge in [0.2, 0.25) is 0 Å². The number of halogens is 1. The Labute approximate surface area is 156 Å². The highest BCUT2D eigenvalue weighted by molar-refractivity contribution is 6.35. The highest BCUT2D eigenvalue weighted by atomic mass is 35.5. The van der Waals surface area contributed by atoms with Crippen molar-refractivity contribution in [1.82, 2.24) is 10.5 Å². The lowest BCUT2D eigenvalue weighted by Gasteiger charge is -2.13. The summed E-state index contributed by atoms with van der Waals surface area (Å²) in [4.78, 5) is 32.7. The summed E-state index contributed by atoms with van der Waals surface area (Å²) in [5, 5.41) is 1.43. The second kappa shape index (κ2) is 7.93. The van der Waals surface area contributed by atoms with Gasteiger partial charge >= 0.3 is 5.97 Å². The molecule has 0 bridgehead atoms. The van der Waals surface area contributed by atoms with E-state index in [1.165, 1.54) is 7.11 Å². The predicted octanol–water partition coefficient (Wildman–Crippen LogP) is 3.76. The van der Waals surface area contributed by atoms with Crippen LogP contribution in [0.3, 0.4) is 0 Å². The van der Waals surface area contributed by atoms with E-state index in [1.54, 1.807) is 6.07 Å². The number of H-pyrrole nitrogens is 1. The largest absolute Gasteiger partial charge is 0.454 e. The average molecular weight is 377 g/mol. The zero-order chi connectivity index (χ0) is 18.7. The van der Waals surface area contributed by atoms with Gasteiger partial charge in [-0.05, 0) is 31.0 Å². The molecule has 0 spiro atoms. The van der Waals surface area contributed by atoms with Crippen molar-refractivity contribution >= 4 is 40.0 Å². The van der Waals surface area contributed by atoms with Crippen molar-refractivity contribution in [3.05, 3.63) is 40.6 Å². The number of rotatable bonds is 7. The van der Waals surface area contributed by atoms with Crippen molar-refractivity contribution in [3.63, 3.8) is 0 Å². The van der Waals surface area contributed by atoms with Crippen LogP contribution in [0, 0.1) is 0 Å². The first-order valence-corrected chi connectivity index (χ1v) is 9.00. The lowest BCUT2D eigenvalue weighted by Crippen LogP contribution is -2.26. The first-order valence-electron chi connectivity index (χ1n) is 8.62. The number of benzene rings is 1. The van der Waals surface area contributed by atoms with Gasteiger partial charge in [0.05, 0.1) is 7.11 Å². The van der Waals surface area contributed by atoms with Crippen molar-refractivity contribution in [3.8, 4) is 0 Å². The molecule has 0 radical (unpaired) electrons. The SMILES string of the molecule is CCCCCC1OC(=O)C(C(=O)NOC)=C1c1cc2c(Cl)cccc2[nH]1. The molecule has 1 aromatic carbocycles. The zero-order valence-electron chi connectivity index (χ0n) is 14.7. The molecular formula is C19H21ClN2O4. The lowest BCUT2D eigenvalue weighted by molar-refractivity contribution is -0.142. The Morgan fingerprint density at radius 2 is 2.19 bits per heavy atom. The fraction of sp³-hybridized carbons (Fsp3) is 0.368. The van der Waals surface area contributed by atoms with Gasteiger partial charge in [0, 0.05) is 27.2 Å². The average Bonchev–Trinajstić information content (AvgIpc) is 3.17. The van der Waals surface area contributed by atoms with E-state index in [-0.39, 0.29) is 5.57 Å². The van der Waals surface area contributed by atoms with Gasteiger partial charge in [-0.3, -0.25) is 9.63 Å². The molecule has 3 rings (SSSR count). The number of unbranched alkanes of at least 4 members (excludes halogenated alkanes) is 2. The summed E-state index contributed by atoms with van der Waals surface area (Å²) in [5.41, 5.74) is 4.22. The molecule has 138 valence electrons. The molecule has 2 N–H and O–H groups in total. The summed E-state index contributed by atoms with van der Waals surface area (Å²) in [7, 11) is 1.32. The van der Waals surface area contributed by atoms with E-state index in [0.717, 1.165) is 30.2 Å². The van der Waals surface area contributed by atoms with Crippen molar-refractivity contribution in [2.75, 3.05) is 7.11 Å². The van der Waals surface area contributed by atoms with Crippen LogP contribution in [0.4, 0.5) is 0 Å². The van der Waals surface area contributed by atoms with Gasteiger partial charge < -0.3 is 9.72 Å². The molecule has 1 atom stereocenters. The Hall–Kier alpha value is -2.31. The standard InChI is InChI=1S/C19H21ClN2O4/c1-3-4-5-9-15-16(17(19(24)26-15)18(23)22-25-2)14-10-11-12(20)7-6-8-13(11)21-14/h6-8,10,15,21H,3-5,9H2,1-2H3,(H,22,23). The summed E-state index contributed by atoms with van der Waals surface area (Å²) in [6, 6.07) is 7.38. The molecule has 0 fully saturated rings. The summed E-state index contributed by atoms with van der Waals surface area (Å²) < 4.78 is 5.50. The molecule has 1 unspecified atom stereocenters. The van der Waals surface area contributed by atoms with Crippen molar-refractivity contribution in [2.45, 2.75) is 38.7 Å². The van der Waals surface area contributed by atoms with Crippen molar-refractivity contribution < 1.29 is 19.2 Å². The van der Waals surface area contributed by atoms with E-state index in [2.05, 4.69) is 22.2 Å². The maximum atomic E-state index is 12.4. The van der Waals surface area contributed by atoms with Crippen LogP contribution in [0.1, 0.15) is 38.3 Å². The van der Waals surface area contributed by atoms with Crippen LogP contribution < -0.4 is 5.48 Å². The molecule has 1 aliphatic rings. The molecule has 0 saturated heterocycles. The normalized spacial score (nSPS) is 17.0. The third-order valence-corrected chi connectivity index (χ3v) is 4.77. The minimum absolute atomic E-state index is 0.0315. The lowest BCUT2D eigenvalue weighted by atomic mass is 9.97. The third kappa shape index (κ3) is 3.48. The predicted molar refractivity (Wildman–Crippen MR) is 99.4 cm³/mol. The summed E-state index contributed by atoms with van der Waals surface area (Å²) in [5.74, 6) is -1.25. The topological polar surface area (TPSA) is 80.4 Å². The number of esters is 1. The molecule has 0 aliphatic carbocycles. The Morgan fingerprint density at radius 1 is 1.38 bits per heavy atom. The van der Waals surface area contributed by atoms with Crippen molar-refractivity contribution in [1.29, 1.82) is 0 Å². The van der Waals surface area contributed by atoms with Gasteiger partial charge in [-0.1, -0.05) is 37.4 Å². The molecule has 7 heteroatoms. The Kier molecular flexibility index (Phi) is 5.64. The Morgan fingerprint density at radius 3 is 2.88 bits per heavy atom. The minimum atomic E-state index is -0.638. The molecule has 2 heterocycles. The second-order valence-corrected chi connectivity index (χ2v) is 6.61. The van der Waals surface area contributed by atoms with E-state index >= 15 is 0 Å². The fourth-order valence-electron chi connectivity index (χ4n) is 3.23. The van der Waals surface area contributed by atoms with E-state index in [9.17, 15) is 9.59 Å². The number of hydroxylamine groups is 1. The molecule has 1 aromatic heterocycles. The molecule has 2 aromatic rings. The number of carbonyl (C=O) groups excluding carboxylic acids is 2. The number of cyclic esters (lactones) is 1. The van der Waals surface area contributed by atoms with Crippen LogP contribution in [-0.2, 0) is 19.2 Å². The van der Waals surface area contributed by atoms with E-state index in [4.69, 9.17) is 16.3 Å². The number of carbonyl (C=O) groups is 2. The maximum Gasteiger partial charge on any atom is 0.344 e. The molecule has 6 nitrogen and oxygen atoms in total. The monoisotopic (exact) mass is 376 g/mol. The number of aromatic nitrogens is 1. The van der Waals surface area contributed by atoms with Crippen LogP contribution >= 0.6 is 11.6 Å². The number of amides is 1. The van der Waals surface area contributed by atoms with Gasteiger partial charge in [-0.25, -0.2) is 10.3 Å². The van der Waals surface area contributed by atoms with Crippen LogP contribution in [-0.4, -0.2) is 30.1 Å². The van der Waals surface area contributed by atoms with E-state index in [0.29, 0.717) is 22.7 Å². The minimum Gasteiger partial charge on any atom is -0.454 e. The van der Waals surface area contributed by atoms with Crippen LogP contribution in [0.25, 0.3) is 16.5 Å². The van der Waals surface area contributed by atoms with Gasteiger partial charge in [0.1, 0.15) is 11.7 Å². The van der Waals surface area contributed by atoms with E-state index < -0.39 is 18.0 Å². The highest BCUT2D eigenvalue weighted by Gasteiger charge is 2.39. The highest BCUT2D eigenvalue weighted by Crippen LogP contribution is 2.36. The molecule has 0 saturated carbocycles. The van der Waals surface area contributed by atoms with E-state index in [1.807, 2.05) is 18.2 Å². The maximum absolute atomic E-state index is 12.4. The van der Waals surface area contributed by atoms with Gasteiger partial charge in [0.15, 0.2) is 0 Å². The van der Waals surface area contributed by atoms with Gasteiger partial charge in [-0.2, -0.15) is 0 Å². The summed E-state index contributed by atoms with van der Waals surface area (Å²) in [6.45, 7) is 2.11. The second-order valence-electron chi connectivity index (χ2n) is 6.20. The molecule has 1 amide bonds. The quantitative estimate of drug-likeness (QED) is 0.334. The number of aromatic amines is 1. The van der Waals surface area contributed by atoms with Crippen LogP contribution in [0.5, 0.6) is 0 Å². The number of ether oxygens (including phenoxy) is 1. The number of hydrogen-bond acceptors (Lipinski definition) is 4. The molecular weight excluding hydrogens is 356 g/mol. The smallest absolute Gasteiger partial charge is 0.344 e. The van der Waals surface area contributed by atoms with Gasteiger partial charge in [-0.15, -0.1) is 0 Å². The van der Waals surface area contributed by atoms with Crippen LogP contribution in [0.15, 0.2) is 29.8 Å². The molecule has 26 heavy (non-hydrogen) atoms. The third-order valence-electron chi connectivity index (χ3n) is 4.44. The zero-order valence-corrected chi connectivity index (χ0v) is 15.5. The fourth-order valence-corrected chi connectivity index (χ4v) is 3.46. The van der Waals surface area contributed by atoms with Crippen molar-refractivity contribution in [2.24, 2.45) is 0 Å².